The molecule has 0 aromatic carbocycles. The van der Waals surface area contributed by atoms with Crippen LogP contribution in [0, 0.1) is 5.92 Å². The minimum Gasteiger partial charge on any atom is -0.379 e. The first kappa shape index (κ1) is 14.7. The minimum atomic E-state index is 0.177. The molecule has 7 heteroatoms. The van der Waals surface area contributed by atoms with Crippen molar-refractivity contribution in [3.63, 3.8) is 0 Å². The van der Waals surface area contributed by atoms with E-state index in [1.165, 1.54) is 0 Å². The number of aromatic nitrogens is 1. The Hall–Kier alpha value is -0.750. The highest BCUT2D eigenvalue weighted by Gasteiger charge is 2.28. The molecule has 2 atom stereocenters. The van der Waals surface area contributed by atoms with E-state index in [2.05, 4.69) is 22.2 Å². The summed E-state index contributed by atoms with van der Waals surface area (Å²) in [5.74, 6) is 7.03. The number of nitrogens with one attached hydrogen (secondary N) is 1. The highest BCUT2D eigenvalue weighted by molar-refractivity contribution is 6.37. The van der Waals surface area contributed by atoms with Gasteiger partial charge in [-0.2, -0.15) is 0 Å². The molecule has 19 heavy (non-hydrogen) atoms. The van der Waals surface area contributed by atoms with Gasteiger partial charge in [0.2, 0.25) is 0 Å². The molecule has 1 aromatic rings. The van der Waals surface area contributed by atoms with Gasteiger partial charge in [0.15, 0.2) is 5.82 Å². The number of pyridine rings is 1. The summed E-state index contributed by atoms with van der Waals surface area (Å²) in [4.78, 5) is 6.48. The second-order valence-electron chi connectivity index (χ2n) is 4.75. The normalized spacial score (nSPS) is 23.5. The lowest BCUT2D eigenvalue weighted by atomic mass is 9.96. The van der Waals surface area contributed by atoms with E-state index in [0.717, 1.165) is 19.5 Å². The number of rotatable bonds is 3. The average molecular weight is 305 g/mol. The Labute approximate surface area is 123 Å². The molecule has 0 radical (unpaired) electrons. The van der Waals surface area contributed by atoms with Crippen molar-refractivity contribution in [2.75, 3.05) is 30.5 Å². The van der Waals surface area contributed by atoms with E-state index in [4.69, 9.17) is 33.8 Å². The lowest BCUT2D eigenvalue weighted by Crippen LogP contribution is -2.44. The van der Waals surface area contributed by atoms with Crippen LogP contribution in [0.25, 0.3) is 0 Å². The van der Waals surface area contributed by atoms with Crippen LogP contribution in [0.5, 0.6) is 0 Å². The summed E-state index contributed by atoms with van der Waals surface area (Å²) < 4.78 is 5.50. The zero-order chi connectivity index (χ0) is 14.0. The molecule has 0 saturated carbocycles. The number of nitrogens with two attached hydrogens (primary N) is 1. The molecule has 0 bridgehead atoms. The topological polar surface area (TPSA) is 63.4 Å². The van der Waals surface area contributed by atoms with Gasteiger partial charge in [-0.3, -0.25) is 0 Å². The average Bonchev–Trinajstić information content (AvgIpc) is 2.40. The standard InChI is InChI=1S/C12H18Cl2N4O/c1-7-3-4-18(6-10(7)19-2)12-9(14)5-8(13)11(16-12)17-15/h5,7,10H,3-4,6,15H2,1-2H3,(H,16,17). The van der Waals surface area contributed by atoms with Crippen LogP contribution in [0.2, 0.25) is 10.0 Å². The zero-order valence-corrected chi connectivity index (χ0v) is 12.5. The summed E-state index contributed by atoms with van der Waals surface area (Å²) in [5.41, 5.74) is 2.48. The first-order valence-corrected chi connectivity index (χ1v) is 6.92. The lowest BCUT2D eigenvalue weighted by Gasteiger charge is -2.37. The van der Waals surface area contributed by atoms with Crippen LogP contribution in [0.15, 0.2) is 6.07 Å². The van der Waals surface area contributed by atoms with Gasteiger partial charge in [0.1, 0.15) is 5.82 Å². The molecule has 1 aliphatic heterocycles. The van der Waals surface area contributed by atoms with Crippen LogP contribution in [0.4, 0.5) is 11.6 Å². The van der Waals surface area contributed by atoms with Crippen LogP contribution < -0.4 is 16.2 Å². The maximum absolute atomic E-state index is 6.22. The fourth-order valence-electron chi connectivity index (χ4n) is 2.31. The largest absolute Gasteiger partial charge is 0.379 e. The lowest BCUT2D eigenvalue weighted by molar-refractivity contribution is 0.0496. The highest BCUT2D eigenvalue weighted by Crippen LogP contribution is 2.33. The molecule has 1 aliphatic rings. The summed E-state index contributed by atoms with van der Waals surface area (Å²) in [7, 11) is 1.73. The maximum Gasteiger partial charge on any atom is 0.161 e. The molecule has 1 fully saturated rings. The molecule has 0 aliphatic carbocycles. The number of piperidine rings is 1. The van der Waals surface area contributed by atoms with Crippen molar-refractivity contribution >= 4 is 34.8 Å². The van der Waals surface area contributed by atoms with Crippen molar-refractivity contribution in [3.8, 4) is 0 Å². The van der Waals surface area contributed by atoms with E-state index >= 15 is 0 Å². The summed E-state index contributed by atoms with van der Waals surface area (Å²) in [5, 5.41) is 0.929. The summed E-state index contributed by atoms with van der Waals surface area (Å²) >= 11 is 12.2. The molecular formula is C12H18Cl2N4O. The van der Waals surface area contributed by atoms with E-state index in [0.29, 0.717) is 27.6 Å². The summed E-state index contributed by atoms with van der Waals surface area (Å²) in [6, 6.07) is 1.65. The Morgan fingerprint density at radius 1 is 1.47 bits per heavy atom. The van der Waals surface area contributed by atoms with E-state index in [-0.39, 0.29) is 6.10 Å². The molecule has 3 N–H and O–H groups in total. The molecule has 1 aromatic heterocycles. The van der Waals surface area contributed by atoms with E-state index < -0.39 is 0 Å². The van der Waals surface area contributed by atoms with Crippen molar-refractivity contribution in [1.29, 1.82) is 0 Å². The van der Waals surface area contributed by atoms with Gasteiger partial charge in [0.25, 0.3) is 0 Å². The fourth-order valence-corrected chi connectivity index (χ4v) is 2.85. The van der Waals surface area contributed by atoms with E-state index in [1.807, 2.05) is 0 Å². The van der Waals surface area contributed by atoms with Gasteiger partial charge in [-0.05, 0) is 18.4 Å². The number of nitrogens with zero attached hydrogens (tertiary/aromatic N) is 2. The van der Waals surface area contributed by atoms with Gasteiger partial charge in [-0.15, -0.1) is 0 Å². The van der Waals surface area contributed by atoms with Crippen LogP contribution in [0.1, 0.15) is 13.3 Å². The van der Waals surface area contributed by atoms with Crippen molar-refractivity contribution < 1.29 is 4.74 Å². The third kappa shape index (κ3) is 3.05. The third-order valence-electron chi connectivity index (χ3n) is 3.54. The van der Waals surface area contributed by atoms with Crippen molar-refractivity contribution in [1.82, 2.24) is 4.98 Å². The monoisotopic (exact) mass is 304 g/mol. The number of hydrazine groups is 1. The van der Waals surface area contributed by atoms with Crippen LogP contribution >= 0.6 is 23.2 Å². The van der Waals surface area contributed by atoms with Crippen molar-refractivity contribution in [2.45, 2.75) is 19.4 Å². The molecule has 0 amide bonds. The molecule has 2 unspecified atom stereocenters. The van der Waals surface area contributed by atoms with Gasteiger partial charge in [-0.1, -0.05) is 30.1 Å². The molecular weight excluding hydrogens is 287 g/mol. The number of anilines is 2. The number of hydrogen-bond acceptors (Lipinski definition) is 5. The second-order valence-corrected chi connectivity index (χ2v) is 5.57. The Morgan fingerprint density at radius 3 is 2.84 bits per heavy atom. The Balaban J connectivity index is 2.26. The van der Waals surface area contributed by atoms with Gasteiger partial charge >= 0.3 is 0 Å². The minimum absolute atomic E-state index is 0.177. The van der Waals surface area contributed by atoms with Crippen LogP contribution in [0.3, 0.4) is 0 Å². The first-order valence-electron chi connectivity index (χ1n) is 6.17. The maximum atomic E-state index is 6.22. The van der Waals surface area contributed by atoms with Crippen molar-refractivity contribution in [3.05, 3.63) is 16.1 Å². The SMILES string of the molecule is COC1CN(c2nc(NN)c(Cl)cc2Cl)CCC1C. The summed E-state index contributed by atoms with van der Waals surface area (Å²) in [6.45, 7) is 3.84. The molecule has 2 rings (SSSR count). The van der Waals surface area contributed by atoms with Crippen LogP contribution in [-0.2, 0) is 4.74 Å². The van der Waals surface area contributed by atoms with Crippen LogP contribution in [-0.4, -0.2) is 31.3 Å². The number of ether oxygens (including phenoxy) is 1. The van der Waals surface area contributed by atoms with Gasteiger partial charge in [-0.25, -0.2) is 10.8 Å². The number of nitrogen functional groups attached to an aromatic ring is 1. The zero-order valence-electron chi connectivity index (χ0n) is 11.0. The predicted octanol–water partition coefficient (Wildman–Crippen LogP) is 2.54. The van der Waals surface area contributed by atoms with Crippen molar-refractivity contribution in [2.24, 2.45) is 11.8 Å². The predicted molar refractivity (Wildman–Crippen MR) is 78.9 cm³/mol. The molecule has 2 heterocycles. The Bertz CT molecular complexity index is 458. The van der Waals surface area contributed by atoms with Gasteiger partial charge in [0, 0.05) is 20.2 Å². The Kier molecular flexibility index (Phi) is 4.73. The number of halogens is 2. The Morgan fingerprint density at radius 2 is 2.21 bits per heavy atom. The van der Waals surface area contributed by atoms with E-state index in [9.17, 15) is 0 Å². The second kappa shape index (κ2) is 6.13. The number of hydrogen-bond donors (Lipinski definition) is 2. The molecule has 1 saturated heterocycles. The number of methoxy groups -OCH3 is 1. The van der Waals surface area contributed by atoms with Gasteiger partial charge < -0.3 is 15.1 Å². The third-order valence-corrected chi connectivity index (χ3v) is 4.11. The summed E-state index contributed by atoms with van der Waals surface area (Å²) in [6.07, 6.45) is 1.21. The smallest absolute Gasteiger partial charge is 0.161 e. The van der Waals surface area contributed by atoms with E-state index in [1.54, 1.807) is 13.2 Å². The fraction of sp³-hybridized carbons (Fsp3) is 0.583. The molecule has 0 spiro atoms. The molecule has 5 nitrogen and oxygen atoms in total. The molecule has 106 valence electrons. The highest BCUT2D eigenvalue weighted by atomic mass is 35.5. The van der Waals surface area contributed by atoms with Gasteiger partial charge in [0.05, 0.1) is 16.1 Å². The quantitative estimate of drug-likeness (QED) is 0.664. The first-order chi connectivity index (χ1) is 9.06.